The Kier molecular flexibility index (Phi) is 3.64. The van der Waals surface area contributed by atoms with Crippen molar-refractivity contribution in [1.29, 1.82) is 0 Å². The molecule has 3 N–H and O–H groups in total. The summed E-state index contributed by atoms with van der Waals surface area (Å²) in [5.41, 5.74) is 6.47. The molecule has 0 aliphatic rings. The van der Waals surface area contributed by atoms with Crippen LogP contribution in [0.3, 0.4) is 0 Å². The van der Waals surface area contributed by atoms with Crippen molar-refractivity contribution in [2.75, 3.05) is 11.1 Å². The third-order valence-electron chi connectivity index (χ3n) is 2.77. The first-order valence-corrected chi connectivity index (χ1v) is 6.48. The lowest BCUT2D eigenvalue weighted by atomic mass is 10.3. The molecular weight excluding hydrogens is 264 g/mol. The third kappa shape index (κ3) is 3.48. The molecule has 0 radical (unpaired) electrons. The molecule has 0 saturated carbocycles. The lowest BCUT2D eigenvalue weighted by Gasteiger charge is -2.08. The second-order valence-corrected chi connectivity index (χ2v) is 4.37. The largest absolute Gasteiger partial charge is 0.457 e. The van der Waals surface area contributed by atoms with Crippen molar-refractivity contribution in [1.82, 2.24) is 9.97 Å². The molecule has 21 heavy (non-hydrogen) atoms. The van der Waals surface area contributed by atoms with Gasteiger partial charge in [-0.1, -0.05) is 18.2 Å². The predicted molar refractivity (Wildman–Crippen MR) is 82.7 cm³/mol. The first-order valence-electron chi connectivity index (χ1n) is 6.48. The van der Waals surface area contributed by atoms with Crippen LogP contribution in [0.2, 0.25) is 0 Å². The molecule has 0 bridgehead atoms. The molecule has 5 nitrogen and oxygen atoms in total. The van der Waals surface area contributed by atoms with Crippen molar-refractivity contribution in [2.24, 2.45) is 0 Å². The van der Waals surface area contributed by atoms with E-state index < -0.39 is 0 Å². The molecule has 0 amide bonds. The summed E-state index contributed by atoms with van der Waals surface area (Å²) in [6.45, 7) is 0. The fourth-order valence-electron chi connectivity index (χ4n) is 1.79. The average molecular weight is 278 g/mol. The highest BCUT2D eigenvalue weighted by Gasteiger charge is 2.00. The van der Waals surface area contributed by atoms with Gasteiger partial charge in [0.15, 0.2) is 0 Å². The van der Waals surface area contributed by atoms with Crippen molar-refractivity contribution in [3.8, 4) is 11.5 Å². The average Bonchev–Trinajstić information content (AvgIpc) is 2.50. The molecule has 1 aromatic heterocycles. The number of para-hydroxylation sites is 1. The smallest absolute Gasteiger partial charge is 0.229 e. The normalized spacial score (nSPS) is 10.1. The number of nitrogens with zero attached hydrogens (tertiary/aromatic N) is 2. The summed E-state index contributed by atoms with van der Waals surface area (Å²) in [6.07, 6.45) is 1.61. The van der Waals surface area contributed by atoms with Crippen LogP contribution in [-0.4, -0.2) is 9.97 Å². The lowest BCUT2D eigenvalue weighted by Crippen LogP contribution is -1.99. The summed E-state index contributed by atoms with van der Waals surface area (Å²) < 4.78 is 5.72. The zero-order chi connectivity index (χ0) is 14.5. The number of benzene rings is 2. The van der Waals surface area contributed by atoms with E-state index in [0.29, 0.717) is 11.8 Å². The summed E-state index contributed by atoms with van der Waals surface area (Å²) in [5.74, 6) is 2.46. The molecule has 0 aliphatic carbocycles. The van der Waals surface area contributed by atoms with Gasteiger partial charge in [-0.05, 0) is 42.5 Å². The van der Waals surface area contributed by atoms with Gasteiger partial charge in [0.05, 0.1) is 0 Å². The number of hydrogen-bond donors (Lipinski definition) is 2. The maximum atomic E-state index is 5.72. The molecule has 3 aromatic rings. The van der Waals surface area contributed by atoms with Gasteiger partial charge < -0.3 is 15.8 Å². The monoisotopic (exact) mass is 278 g/mol. The van der Waals surface area contributed by atoms with Gasteiger partial charge in [0, 0.05) is 11.9 Å². The fourth-order valence-corrected chi connectivity index (χ4v) is 1.79. The van der Waals surface area contributed by atoms with Crippen molar-refractivity contribution in [2.45, 2.75) is 0 Å². The zero-order valence-electron chi connectivity index (χ0n) is 11.2. The van der Waals surface area contributed by atoms with Crippen LogP contribution >= 0.6 is 0 Å². The van der Waals surface area contributed by atoms with Crippen LogP contribution < -0.4 is 15.8 Å². The first kappa shape index (κ1) is 12.9. The Morgan fingerprint density at radius 2 is 1.57 bits per heavy atom. The molecule has 2 aromatic carbocycles. The molecule has 0 atom stereocenters. The Bertz CT molecular complexity index is 714. The van der Waals surface area contributed by atoms with Crippen molar-refractivity contribution in [3.63, 3.8) is 0 Å². The summed E-state index contributed by atoms with van der Waals surface area (Å²) in [4.78, 5) is 8.17. The molecule has 0 fully saturated rings. The van der Waals surface area contributed by atoms with Crippen LogP contribution in [0.4, 0.5) is 17.5 Å². The summed E-state index contributed by atoms with van der Waals surface area (Å²) in [6, 6.07) is 18.8. The molecule has 0 unspecified atom stereocenters. The van der Waals surface area contributed by atoms with Gasteiger partial charge in [0.1, 0.15) is 17.3 Å². The van der Waals surface area contributed by atoms with Gasteiger partial charge in [-0.25, -0.2) is 4.98 Å². The van der Waals surface area contributed by atoms with Crippen LogP contribution in [0.25, 0.3) is 0 Å². The number of aromatic nitrogens is 2. The molecule has 0 saturated heterocycles. The zero-order valence-corrected chi connectivity index (χ0v) is 11.2. The van der Waals surface area contributed by atoms with E-state index in [1.165, 1.54) is 0 Å². The second kappa shape index (κ2) is 5.92. The molecule has 5 heteroatoms. The van der Waals surface area contributed by atoms with Gasteiger partial charge in [-0.2, -0.15) is 4.98 Å². The first-order chi connectivity index (χ1) is 10.3. The van der Waals surface area contributed by atoms with Crippen molar-refractivity contribution in [3.05, 3.63) is 66.9 Å². The molecule has 0 spiro atoms. The number of nitrogen functional groups attached to an aromatic ring is 1. The van der Waals surface area contributed by atoms with Gasteiger partial charge in [-0.3, -0.25) is 0 Å². The van der Waals surface area contributed by atoms with Crippen molar-refractivity contribution >= 4 is 17.5 Å². The van der Waals surface area contributed by atoms with Crippen LogP contribution in [0, 0.1) is 0 Å². The van der Waals surface area contributed by atoms with Gasteiger partial charge in [0.2, 0.25) is 5.95 Å². The summed E-state index contributed by atoms with van der Waals surface area (Å²) in [5, 5.41) is 3.08. The fraction of sp³-hybridized carbons (Fsp3) is 0. The third-order valence-corrected chi connectivity index (χ3v) is 2.77. The van der Waals surface area contributed by atoms with E-state index in [2.05, 4.69) is 15.3 Å². The quantitative estimate of drug-likeness (QED) is 0.763. The Morgan fingerprint density at radius 1 is 0.857 bits per heavy atom. The summed E-state index contributed by atoms with van der Waals surface area (Å²) >= 11 is 0. The van der Waals surface area contributed by atoms with Gasteiger partial charge >= 0.3 is 0 Å². The number of nitrogens with two attached hydrogens (primary N) is 1. The maximum absolute atomic E-state index is 5.72. The second-order valence-electron chi connectivity index (χ2n) is 4.37. The number of nitrogens with one attached hydrogen (secondary N) is 1. The molecule has 3 rings (SSSR count). The Hall–Kier alpha value is -3.08. The number of hydrogen-bond acceptors (Lipinski definition) is 5. The van der Waals surface area contributed by atoms with Gasteiger partial charge in [0.25, 0.3) is 0 Å². The van der Waals surface area contributed by atoms with E-state index in [0.717, 1.165) is 17.2 Å². The minimum atomic E-state index is 0.427. The molecule has 0 aliphatic heterocycles. The predicted octanol–water partition coefficient (Wildman–Crippen LogP) is 3.59. The standard InChI is InChI=1S/C16H14N4O/c17-15-10-11-18-16(20-15)19-12-6-8-14(9-7-12)21-13-4-2-1-3-5-13/h1-11H,(H3,17,18,19,20). The Balaban J connectivity index is 1.69. The van der Waals surface area contributed by atoms with Gasteiger partial charge in [-0.15, -0.1) is 0 Å². The van der Waals surface area contributed by atoms with E-state index in [1.807, 2.05) is 54.6 Å². The molecular formula is C16H14N4O. The van der Waals surface area contributed by atoms with Crippen LogP contribution in [-0.2, 0) is 0 Å². The van der Waals surface area contributed by atoms with E-state index in [-0.39, 0.29) is 0 Å². The number of rotatable bonds is 4. The van der Waals surface area contributed by atoms with E-state index in [1.54, 1.807) is 12.3 Å². The highest BCUT2D eigenvalue weighted by molar-refractivity contribution is 5.55. The Labute approximate surface area is 122 Å². The number of anilines is 3. The number of ether oxygens (including phenoxy) is 1. The maximum Gasteiger partial charge on any atom is 0.229 e. The topological polar surface area (TPSA) is 73.1 Å². The van der Waals surface area contributed by atoms with Crippen molar-refractivity contribution < 1.29 is 4.74 Å². The van der Waals surface area contributed by atoms with Crippen LogP contribution in [0.15, 0.2) is 66.9 Å². The lowest BCUT2D eigenvalue weighted by molar-refractivity contribution is 0.483. The van der Waals surface area contributed by atoms with E-state index >= 15 is 0 Å². The molecule has 104 valence electrons. The minimum Gasteiger partial charge on any atom is -0.457 e. The summed E-state index contributed by atoms with van der Waals surface area (Å²) in [7, 11) is 0. The van der Waals surface area contributed by atoms with E-state index in [4.69, 9.17) is 10.5 Å². The van der Waals surface area contributed by atoms with Crippen LogP contribution in [0.5, 0.6) is 11.5 Å². The highest BCUT2D eigenvalue weighted by atomic mass is 16.5. The minimum absolute atomic E-state index is 0.427. The van der Waals surface area contributed by atoms with E-state index in [9.17, 15) is 0 Å². The highest BCUT2D eigenvalue weighted by Crippen LogP contribution is 2.23. The molecule has 1 heterocycles. The SMILES string of the molecule is Nc1ccnc(Nc2ccc(Oc3ccccc3)cc2)n1. The van der Waals surface area contributed by atoms with Crippen LogP contribution in [0.1, 0.15) is 0 Å². The Morgan fingerprint density at radius 3 is 2.29 bits per heavy atom.